The minimum absolute atomic E-state index is 0.110. The third-order valence-corrected chi connectivity index (χ3v) is 5.08. The van der Waals surface area contributed by atoms with Gasteiger partial charge in [0.1, 0.15) is 12.3 Å². The molecule has 0 saturated heterocycles. The molecule has 1 fully saturated rings. The number of rotatable bonds is 9. The van der Waals surface area contributed by atoms with Gasteiger partial charge in [-0.05, 0) is 42.7 Å². The van der Waals surface area contributed by atoms with Gasteiger partial charge < -0.3 is 18.8 Å². The lowest BCUT2D eigenvalue weighted by Gasteiger charge is -2.22. The zero-order valence-corrected chi connectivity index (χ0v) is 17.6. The van der Waals surface area contributed by atoms with Crippen molar-refractivity contribution in [3.63, 3.8) is 0 Å². The van der Waals surface area contributed by atoms with Crippen LogP contribution < -0.4 is 10.5 Å². The number of esters is 1. The van der Waals surface area contributed by atoms with Crippen LogP contribution in [0.2, 0.25) is 0 Å². The van der Waals surface area contributed by atoms with Gasteiger partial charge in [-0.15, -0.1) is 5.10 Å². The van der Waals surface area contributed by atoms with Gasteiger partial charge in [-0.1, -0.05) is 30.3 Å². The molecule has 1 heterocycles. The van der Waals surface area contributed by atoms with E-state index >= 15 is 0 Å². The van der Waals surface area contributed by atoms with Crippen LogP contribution in [0.1, 0.15) is 18.4 Å². The van der Waals surface area contributed by atoms with Crippen LogP contribution in [0.25, 0.3) is 11.5 Å². The van der Waals surface area contributed by atoms with Crippen molar-refractivity contribution in [3.8, 4) is 17.2 Å². The maximum atomic E-state index is 12.7. The fraction of sp³-hybridized carbons (Fsp3) is 0.304. The monoisotopic (exact) mass is 437 g/mol. The highest BCUT2D eigenvalue weighted by atomic mass is 16.5. The van der Waals surface area contributed by atoms with Crippen molar-refractivity contribution >= 4 is 11.9 Å². The second kappa shape index (κ2) is 9.51. The third-order valence-electron chi connectivity index (χ3n) is 5.08. The first kappa shape index (κ1) is 21.4. The highest BCUT2D eigenvalue weighted by Gasteiger charge is 2.33. The van der Waals surface area contributed by atoms with Crippen molar-refractivity contribution in [1.29, 1.82) is 0 Å². The molecule has 2 aromatic carbocycles. The summed E-state index contributed by atoms with van der Waals surface area (Å²) in [6, 6.07) is 16.5. The lowest BCUT2D eigenvalue weighted by atomic mass is 10.2. The highest BCUT2D eigenvalue weighted by molar-refractivity contribution is 5.81. The molecule has 9 heteroatoms. The summed E-state index contributed by atoms with van der Waals surface area (Å²) in [5.41, 5.74) is 1.57. The fourth-order valence-corrected chi connectivity index (χ4v) is 3.23. The van der Waals surface area contributed by atoms with E-state index < -0.39 is 24.9 Å². The molecule has 0 N–H and O–H groups in total. The number of aromatic nitrogens is 2. The van der Waals surface area contributed by atoms with Gasteiger partial charge in [-0.2, -0.15) is 4.68 Å². The maximum Gasteiger partial charge on any atom is 0.437 e. The largest absolute Gasteiger partial charge is 0.497 e. The van der Waals surface area contributed by atoms with Crippen LogP contribution in [0.3, 0.4) is 0 Å². The van der Waals surface area contributed by atoms with E-state index in [2.05, 4.69) is 5.10 Å². The van der Waals surface area contributed by atoms with Gasteiger partial charge >= 0.3 is 11.7 Å². The summed E-state index contributed by atoms with van der Waals surface area (Å²) in [6.45, 7) is -0.414. The molecule has 1 amide bonds. The maximum absolute atomic E-state index is 12.7. The lowest BCUT2D eigenvalue weighted by Crippen LogP contribution is -2.36. The zero-order valence-electron chi connectivity index (χ0n) is 17.6. The Hall–Kier alpha value is -3.88. The van der Waals surface area contributed by atoms with Crippen LogP contribution in [-0.2, 0) is 27.4 Å². The van der Waals surface area contributed by atoms with Gasteiger partial charge in [-0.25, -0.2) is 4.79 Å². The van der Waals surface area contributed by atoms with Crippen molar-refractivity contribution in [1.82, 2.24) is 14.7 Å². The molecule has 1 aromatic heterocycles. The molecule has 32 heavy (non-hydrogen) atoms. The molecule has 0 aliphatic heterocycles. The quantitative estimate of drug-likeness (QED) is 0.473. The summed E-state index contributed by atoms with van der Waals surface area (Å²) in [6.07, 6.45) is 1.85. The Balaban J connectivity index is 1.33. The average Bonchev–Trinajstić information content (AvgIpc) is 3.60. The standard InChI is InChI=1S/C23H23N3O6/c1-30-19-11-7-16(8-12-19)13-25(18-9-10-18)20(27)15-31-21(28)14-26-23(29)32-22(24-26)17-5-3-2-4-6-17/h2-8,11-12,18H,9-10,13-15H2,1H3. The predicted molar refractivity (Wildman–Crippen MR) is 114 cm³/mol. The minimum atomic E-state index is -0.772. The minimum Gasteiger partial charge on any atom is -0.497 e. The van der Waals surface area contributed by atoms with Gasteiger partial charge in [-0.3, -0.25) is 9.59 Å². The van der Waals surface area contributed by atoms with Crippen LogP contribution in [0.5, 0.6) is 5.75 Å². The molecule has 0 unspecified atom stereocenters. The first-order valence-corrected chi connectivity index (χ1v) is 10.2. The third kappa shape index (κ3) is 5.23. The zero-order chi connectivity index (χ0) is 22.5. The highest BCUT2D eigenvalue weighted by Crippen LogP contribution is 2.29. The van der Waals surface area contributed by atoms with Crippen molar-refractivity contribution in [2.75, 3.05) is 13.7 Å². The molecule has 3 aromatic rings. The number of carbonyl (C=O) groups is 2. The summed E-state index contributed by atoms with van der Waals surface area (Å²) >= 11 is 0. The van der Waals surface area contributed by atoms with E-state index in [1.807, 2.05) is 30.3 Å². The number of benzene rings is 2. The van der Waals surface area contributed by atoms with E-state index in [1.54, 1.807) is 36.3 Å². The van der Waals surface area contributed by atoms with Crippen LogP contribution in [-0.4, -0.2) is 46.3 Å². The van der Waals surface area contributed by atoms with Gasteiger partial charge in [0.2, 0.25) is 5.89 Å². The summed E-state index contributed by atoms with van der Waals surface area (Å²) < 4.78 is 16.2. The average molecular weight is 437 g/mol. The molecule has 0 atom stereocenters. The smallest absolute Gasteiger partial charge is 0.437 e. The number of hydrogen-bond donors (Lipinski definition) is 0. The first-order chi connectivity index (χ1) is 15.5. The van der Waals surface area contributed by atoms with Gasteiger partial charge in [0, 0.05) is 18.2 Å². The topological polar surface area (TPSA) is 104 Å². The Morgan fingerprint density at radius 1 is 1.12 bits per heavy atom. The van der Waals surface area contributed by atoms with E-state index in [4.69, 9.17) is 13.9 Å². The van der Waals surface area contributed by atoms with E-state index in [-0.39, 0.29) is 17.8 Å². The SMILES string of the molecule is COc1ccc(CN(C(=O)COC(=O)Cn2nc(-c3ccccc3)oc2=O)C2CC2)cc1. The fourth-order valence-electron chi connectivity index (χ4n) is 3.23. The Morgan fingerprint density at radius 3 is 2.50 bits per heavy atom. The number of amides is 1. The Labute approximate surface area is 184 Å². The molecule has 0 bridgehead atoms. The number of methoxy groups -OCH3 is 1. The molecule has 1 aliphatic carbocycles. The van der Waals surface area contributed by atoms with Gasteiger partial charge in [0.15, 0.2) is 6.61 Å². The lowest BCUT2D eigenvalue weighted by molar-refractivity contribution is -0.153. The Bertz CT molecular complexity index is 1130. The predicted octanol–water partition coefficient (Wildman–Crippen LogP) is 2.25. The van der Waals surface area contributed by atoms with Crippen molar-refractivity contribution in [2.24, 2.45) is 0 Å². The second-order valence-corrected chi connectivity index (χ2v) is 7.46. The Kier molecular flexibility index (Phi) is 6.34. The number of carbonyl (C=O) groups excluding carboxylic acids is 2. The van der Waals surface area contributed by atoms with Crippen molar-refractivity contribution in [3.05, 3.63) is 70.7 Å². The van der Waals surface area contributed by atoms with E-state index in [9.17, 15) is 14.4 Å². The molecule has 9 nitrogen and oxygen atoms in total. The van der Waals surface area contributed by atoms with Gasteiger partial charge in [0.25, 0.3) is 5.91 Å². The van der Waals surface area contributed by atoms with E-state index in [1.165, 1.54) is 0 Å². The summed E-state index contributed by atoms with van der Waals surface area (Å²) in [4.78, 5) is 38.6. The Morgan fingerprint density at radius 2 is 1.84 bits per heavy atom. The molecule has 166 valence electrons. The molecule has 0 radical (unpaired) electrons. The van der Waals surface area contributed by atoms with Crippen LogP contribution in [0.4, 0.5) is 0 Å². The number of ether oxygens (including phenoxy) is 2. The normalized spacial score (nSPS) is 12.9. The molecule has 4 rings (SSSR count). The number of hydrogen-bond acceptors (Lipinski definition) is 7. The summed E-state index contributed by atoms with van der Waals surface area (Å²) in [5, 5.41) is 4.02. The summed E-state index contributed by atoms with van der Waals surface area (Å²) in [5.74, 6) is -0.946. The van der Waals surface area contributed by atoms with Crippen LogP contribution in [0, 0.1) is 0 Å². The van der Waals surface area contributed by atoms with Crippen LogP contribution >= 0.6 is 0 Å². The van der Waals surface area contributed by atoms with Crippen molar-refractivity contribution in [2.45, 2.75) is 32.0 Å². The molecule has 1 saturated carbocycles. The van der Waals surface area contributed by atoms with E-state index in [0.29, 0.717) is 12.1 Å². The number of nitrogens with zero attached hydrogens (tertiary/aromatic N) is 3. The van der Waals surface area contributed by atoms with Crippen LogP contribution in [0.15, 0.2) is 63.8 Å². The molecular weight excluding hydrogens is 414 g/mol. The summed E-state index contributed by atoms with van der Waals surface area (Å²) in [7, 11) is 1.60. The molecular formula is C23H23N3O6. The second-order valence-electron chi connectivity index (χ2n) is 7.46. The molecule has 0 spiro atoms. The van der Waals surface area contributed by atoms with Gasteiger partial charge in [0.05, 0.1) is 7.11 Å². The first-order valence-electron chi connectivity index (χ1n) is 10.2. The van der Waals surface area contributed by atoms with Crippen molar-refractivity contribution < 1.29 is 23.5 Å². The van der Waals surface area contributed by atoms with E-state index in [0.717, 1.165) is 28.8 Å². The molecule has 1 aliphatic rings.